The largest absolute Gasteiger partial charge is 0.324 e. The first-order valence-corrected chi connectivity index (χ1v) is 7.70. The van der Waals surface area contributed by atoms with E-state index >= 15 is 0 Å². The molecule has 1 aromatic carbocycles. The summed E-state index contributed by atoms with van der Waals surface area (Å²) in [5.41, 5.74) is 1.74. The van der Waals surface area contributed by atoms with Crippen LogP contribution < -0.4 is 5.32 Å². The molecule has 0 spiro atoms. The lowest BCUT2D eigenvalue weighted by molar-refractivity contribution is -0.117. The Balaban J connectivity index is 1.67. The lowest BCUT2D eigenvalue weighted by atomic mass is 10.2. The Morgan fingerprint density at radius 1 is 1.28 bits per heavy atom. The summed E-state index contributed by atoms with van der Waals surface area (Å²) >= 11 is 0. The summed E-state index contributed by atoms with van der Waals surface area (Å²) < 4.78 is 28.7. The molecule has 0 atom stereocenters. The van der Waals surface area contributed by atoms with Gasteiger partial charge in [0, 0.05) is 18.1 Å². The minimum absolute atomic E-state index is 0.264. The van der Waals surface area contributed by atoms with E-state index in [9.17, 15) is 13.6 Å². The van der Waals surface area contributed by atoms with E-state index in [1.165, 1.54) is 6.07 Å². The SMILES string of the molecule is Cc1cc(C(F)F)n(CC(=O)Nc2cccc(Cn3cccn3)c2)n1. The van der Waals surface area contributed by atoms with E-state index < -0.39 is 12.3 Å². The van der Waals surface area contributed by atoms with Crippen molar-refractivity contribution in [3.05, 3.63) is 65.7 Å². The highest BCUT2D eigenvalue weighted by Crippen LogP contribution is 2.19. The Hall–Kier alpha value is -3.03. The van der Waals surface area contributed by atoms with Crippen LogP contribution in [0.5, 0.6) is 0 Å². The molecule has 0 saturated heterocycles. The van der Waals surface area contributed by atoms with Crippen LogP contribution in [0.3, 0.4) is 0 Å². The van der Waals surface area contributed by atoms with Crippen LogP contribution in [-0.4, -0.2) is 25.5 Å². The van der Waals surface area contributed by atoms with Crippen LogP contribution >= 0.6 is 0 Å². The maximum atomic E-state index is 13.0. The third-order valence-electron chi connectivity index (χ3n) is 3.56. The molecule has 3 aromatic rings. The molecule has 0 fully saturated rings. The van der Waals surface area contributed by atoms with Crippen molar-refractivity contribution in [2.45, 2.75) is 26.4 Å². The van der Waals surface area contributed by atoms with Gasteiger partial charge >= 0.3 is 0 Å². The standard InChI is InChI=1S/C17H17F2N5O/c1-12-8-15(17(18)19)24(22-12)11-16(25)21-14-5-2-4-13(9-14)10-23-7-3-6-20-23/h2-9,17H,10-11H2,1H3,(H,21,25). The molecule has 3 rings (SSSR count). The molecule has 1 N–H and O–H groups in total. The number of halogens is 2. The molecule has 0 unspecified atom stereocenters. The smallest absolute Gasteiger partial charge is 0.280 e. The van der Waals surface area contributed by atoms with Gasteiger partial charge in [0.2, 0.25) is 5.91 Å². The number of carbonyl (C=O) groups excluding carboxylic acids is 1. The molecule has 0 saturated carbocycles. The summed E-state index contributed by atoms with van der Waals surface area (Å²) in [5.74, 6) is -0.416. The average molecular weight is 345 g/mol. The second-order valence-corrected chi connectivity index (χ2v) is 5.62. The van der Waals surface area contributed by atoms with Crippen molar-refractivity contribution >= 4 is 11.6 Å². The fourth-order valence-electron chi connectivity index (χ4n) is 2.53. The van der Waals surface area contributed by atoms with E-state index in [2.05, 4.69) is 15.5 Å². The first-order valence-electron chi connectivity index (χ1n) is 7.70. The Kier molecular flexibility index (Phi) is 4.87. The lowest BCUT2D eigenvalue weighted by Crippen LogP contribution is -2.21. The normalized spacial score (nSPS) is 11.0. The van der Waals surface area contributed by atoms with Crippen LogP contribution in [0.2, 0.25) is 0 Å². The number of benzene rings is 1. The van der Waals surface area contributed by atoms with Crippen molar-refractivity contribution in [2.24, 2.45) is 0 Å². The number of anilines is 1. The van der Waals surface area contributed by atoms with Crippen LogP contribution in [-0.2, 0) is 17.9 Å². The number of nitrogens with one attached hydrogen (secondary N) is 1. The van der Waals surface area contributed by atoms with Crippen molar-refractivity contribution in [1.29, 1.82) is 0 Å². The molecule has 0 aliphatic heterocycles. The van der Waals surface area contributed by atoms with Crippen LogP contribution in [0.15, 0.2) is 48.8 Å². The van der Waals surface area contributed by atoms with Crippen LogP contribution in [0.1, 0.15) is 23.4 Å². The molecule has 0 radical (unpaired) electrons. The zero-order chi connectivity index (χ0) is 17.8. The number of nitrogens with zero attached hydrogens (tertiary/aromatic N) is 4. The molecular formula is C17H17F2N5O. The van der Waals surface area contributed by atoms with Gasteiger partial charge in [0.1, 0.15) is 12.2 Å². The van der Waals surface area contributed by atoms with Gasteiger partial charge in [0.05, 0.1) is 12.2 Å². The highest BCUT2D eigenvalue weighted by atomic mass is 19.3. The molecule has 2 heterocycles. The highest BCUT2D eigenvalue weighted by Gasteiger charge is 2.17. The van der Waals surface area contributed by atoms with Gasteiger partial charge in [-0.25, -0.2) is 8.78 Å². The first-order chi connectivity index (χ1) is 12.0. The van der Waals surface area contributed by atoms with E-state index in [-0.39, 0.29) is 12.2 Å². The maximum absolute atomic E-state index is 13.0. The molecule has 25 heavy (non-hydrogen) atoms. The predicted octanol–water partition coefficient (Wildman–Crippen LogP) is 3.01. The molecule has 8 heteroatoms. The third-order valence-corrected chi connectivity index (χ3v) is 3.56. The summed E-state index contributed by atoms with van der Waals surface area (Å²) in [7, 11) is 0. The highest BCUT2D eigenvalue weighted by molar-refractivity contribution is 5.90. The van der Waals surface area contributed by atoms with Gasteiger partial charge in [0.15, 0.2) is 0 Å². The van der Waals surface area contributed by atoms with Crippen molar-refractivity contribution in [3.8, 4) is 0 Å². The third kappa shape index (κ3) is 4.28. The first kappa shape index (κ1) is 16.8. The van der Waals surface area contributed by atoms with E-state index in [1.807, 2.05) is 30.5 Å². The Morgan fingerprint density at radius 2 is 2.12 bits per heavy atom. The van der Waals surface area contributed by atoms with E-state index in [4.69, 9.17) is 0 Å². The van der Waals surface area contributed by atoms with Gasteiger partial charge in [0.25, 0.3) is 6.43 Å². The van der Waals surface area contributed by atoms with Crippen molar-refractivity contribution in [1.82, 2.24) is 19.6 Å². The summed E-state index contributed by atoms with van der Waals surface area (Å²) in [4.78, 5) is 12.2. The molecule has 2 aromatic heterocycles. The number of hydrogen-bond acceptors (Lipinski definition) is 3. The Bertz CT molecular complexity index is 858. The topological polar surface area (TPSA) is 64.7 Å². The zero-order valence-corrected chi connectivity index (χ0v) is 13.6. The van der Waals surface area contributed by atoms with Crippen molar-refractivity contribution in [2.75, 3.05) is 5.32 Å². The molecule has 1 amide bonds. The quantitative estimate of drug-likeness (QED) is 0.747. The zero-order valence-electron chi connectivity index (χ0n) is 13.6. The number of amides is 1. The van der Waals surface area contributed by atoms with Crippen LogP contribution in [0, 0.1) is 6.92 Å². The summed E-state index contributed by atoms with van der Waals surface area (Å²) in [5, 5.41) is 10.8. The van der Waals surface area contributed by atoms with Gasteiger partial charge in [-0.15, -0.1) is 0 Å². The summed E-state index contributed by atoms with van der Waals surface area (Å²) in [6.45, 7) is 1.92. The monoisotopic (exact) mass is 345 g/mol. The summed E-state index contributed by atoms with van der Waals surface area (Å²) in [6, 6.07) is 10.4. The summed E-state index contributed by atoms with van der Waals surface area (Å²) in [6.07, 6.45) is 0.863. The average Bonchev–Trinajstić information content (AvgIpc) is 3.17. The fourth-order valence-corrected chi connectivity index (χ4v) is 2.53. The van der Waals surface area contributed by atoms with Gasteiger partial charge in [-0.1, -0.05) is 12.1 Å². The molecular weight excluding hydrogens is 328 g/mol. The number of aromatic nitrogens is 4. The molecule has 6 nitrogen and oxygen atoms in total. The van der Waals surface area contributed by atoms with Crippen LogP contribution in [0.4, 0.5) is 14.5 Å². The van der Waals surface area contributed by atoms with Crippen molar-refractivity contribution < 1.29 is 13.6 Å². The van der Waals surface area contributed by atoms with Gasteiger partial charge < -0.3 is 5.32 Å². The predicted molar refractivity (Wildman–Crippen MR) is 88.3 cm³/mol. The van der Waals surface area contributed by atoms with Crippen LogP contribution in [0.25, 0.3) is 0 Å². The number of hydrogen-bond donors (Lipinski definition) is 1. The van der Waals surface area contributed by atoms with E-state index in [1.54, 1.807) is 23.9 Å². The number of rotatable bonds is 6. The van der Waals surface area contributed by atoms with Crippen molar-refractivity contribution in [3.63, 3.8) is 0 Å². The number of alkyl halides is 2. The van der Waals surface area contributed by atoms with Gasteiger partial charge in [-0.2, -0.15) is 10.2 Å². The lowest BCUT2D eigenvalue weighted by Gasteiger charge is -2.09. The second kappa shape index (κ2) is 7.25. The minimum Gasteiger partial charge on any atom is -0.324 e. The van der Waals surface area contributed by atoms with E-state index in [0.717, 1.165) is 10.2 Å². The maximum Gasteiger partial charge on any atom is 0.280 e. The number of carbonyl (C=O) groups is 1. The number of aryl methyl sites for hydroxylation is 1. The molecule has 130 valence electrons. The minimum atomic E-state index is -2.67. The Morgan fingerprint density at radius 3 is 2.84 bits per heavy atom. The second-order valence-electron chi connectivity index (χ2n) is 5.62. The van der Waals surface area contributed by atoms with Gasteiger partial charge in [-0.3, -0.25) is 14.2 Å². The Labute approximate surface area is 143 Å². The molecule has 0 aliphatic carbocycles. The van der Waals surface area contributed by atoms with Gasteiger partial charge in [-0.05, 0) is 36.8 Å². The van der Waals surface area contributed by atoms with E-state index in [0.29, 0.717) is 17.9 Å². The fraction of sp³-hybridized carbons (Fsp3) is 0.235. The molecule has 0 aliphatic rings. The molecule has 0 bridgehead atoms.